The molecule has 0 amide bonds. The van der Waals surface area contributed by atoms with Gasteiger partial charge in [0.2, 0.25) is 0 Å². The van der Waals surface area contributed by atoms with Crippen LogP contribution in [0.3, 0.4) is 0 Å². The lowest BCUT2D eigenvalue weighted by atomic mass is 10.3. The van der Waals surface area contributed by atoms with E-state index in [0.717, 1.165) is 17.0 Å². The SMILES string of the molecule is CCCOC(=O)Cc1sc(=S)[nH]c1C. The van der Waals surface area contributed by atoms with Crippen LogP contribution >= 0.6 is 23.6 Å². The largest absolute Gasteiger partial charge is 0.465 e. The van der Waals surface area contributed by atoms with Crippen molar-refractivity contribution in [3.63, 3.8) is 0 Å². The van der Waals surface area contributed by atoms with Gasteiger partial charge >= 0.3 is 5.97 Å². The van der Waals surface area contributed by atoms with E-state index in [1.165, 1.54) is 11.3 Å². The first-order valence-corrected chi connectivity index (χ1v) is 5.70. The number of thiazole rings is 1. The van der Waals surface area contributed by atoms with Gasteiger partial charge in [0.1, 0.15) is 0 Å². The smallest absolute Gasteiger partial charge is 0.311 e. The Morgan fingerprint density at radius 1 is 1.64 bits per heavy atom. The lowest BCUT2D eigenvalue weighted by Gasteiger charge is -2.01. The number of nitrogens with one attached hydrogen (secondary N) is 1. The molecule has 1 rings (SSSR count). The van der Waals surface area contributed by atoms with Crippen LogP contribution in [0.1, 0.15) is 23.9 Å². The van der Waals surface area contributed by atoms with Crippen LogP contribution in [0.25, 0.3) is 0 Å². The number of aromatic amines is 1. The summed E-state index contributed by atoms with van der Waals surface area (Å²) in [6.07, 6.45) is 1.18. The van der Waals surface area contributed by atoms with E-state index in [2.05, 4.69) is 4.98 Å². The van der Waals surface area contributed by atoms with E-state index in [1.54, 1.807) is 0 Å². The van der Waals surface area contributed by atoms with Crippen molar-refractivity contribution >= 4 is 29.5 Å². The number of hydrogen-bond acceptors (Lipinski definition) is 4. The predicted molar refractivity (Wildman–Crippen MR) is 59.2 cm³/mol. The van der Waals surface area contributed by atoms with Crippen molar-refractivity contribution in [1.29, 1.82) is 0 Å². The number of carbonyl (C=O) groups is 1. The van der Waals surface area contributed by atoms with Crippen LogP contribution in [0.2, 0.25) is 0 Å². The first kappa shape index (κ1) is 11.4. The highest BCUT2D eigenvalue weighted by atomic mass is 32.1. The predicted octanol–water partition coefficient (Wildman–Crippen LogP) is 2.61. The summed E-state index contributed by atoms with van der Waals surface area (Å²) >= 11 is 6.41. The van der Waals surface area contributed by atoms with Gasteiger partial charge in [-0.1, -0.05) is 6.92 Å². The minimum Gasteiger partial charge on any atom is -0.465 e. The van der Waals surface area contributed by atoms with Crippen LogP contribution in [0.4, 0.5) is 0 Å². The molecule has 0 aliphatic heterocycles. The maximum Gasteiger partial charge on any atom is 0.311 e. The summed E-state index contributed by atoms with van der Waals surface area (Å²) < 4.78 is 5.69. The molecule has 5 heteroatoms. The molecule has 0 atom stereocenters. The summed E-state index contributed by atoms with van der Waals surface area (Å²) in [6.45, 7) is 4.38. The minimum absolute atomic E-state index is 0.180. The number of carbonyl (C=O) groups excluding carboxylic acids is 1. The standard InChI is InChI=1S/C9H13NO2S2/c1-3-4-12-8(11)5-7-6(2)10-9(13)14-7/h3-5H2,1-2H3,(H,10,13). The Labute approximate surface area is 92.1 Å². The van der Waals surface area contributed by atoms with Gasteiger partial charge in [-0.15, -0.1) is 11.3 Å². The van der Waals surface area contributed by atoms with Crippen LogP contribution in [0.15, 0.2) is 0 Å². The maximum absolute atomic E-state index is 11.3. The van der Waals surface area contributed by atoms with Crippen LogP contribution < -0.4 is 0 Å². The number of aromatic nitrogens is 1. The van der Waals surface area contributed by atoms with Gasteiger partial charge < -0.3 is 9.72 Å². The highest BCUT2D eigenvalue weighted by Gasteiger charge is 2.08. The summed E-state index contributed by atoms with van der Waals surface area (Å²) in [5, 5.41) is 0. The number of ether oxygens (including phenoxy) is 1. The van der Waals surface area contributed by atoms with Gasteiger partial charge in [-0.25, -0.2) is 0 Å². The van der Waals surface area contributed by atoms with Crippen LogP contribution in [0.5, 0.6) is 0 Å². The van der Waals surface area contributed by atoms with Crippen molar-refractivity contribution in [2.24, 2.45) is 0 Å². The van der Waals surface area contributed by atoms with E-state index in [4.69, 9.17) is 17.0 Å². The molecule has 0 fully saturated rings. The van der Waals surface area contributed by atoms with Gasteiger partial charge in [0.15, 0.2) is 3.95 Å². The fourth-order valence-electron chi connectivity index (χ4n) is 1.00. The van der Waals surface area contributed by atoms with E-state index in [-0.39, 0.29) is 5.97 Å². The number of rotatable bonds is 4. The van der Waals surface area contributed by atoms with Crippen molar-refractivity contribution in [3.05, 3.63) is 14.5 Å². The summed E-state index contributed by atoms with van der Waals surface area (Å²) in [4.78, 5) is 15.2. The zero-order valence-corrected chi connectivity index (χ0v) is 9.89. The molecule has 0 radical (unpaired) electrons. The van der Waals surface area contributed by atoms with Crippen LogP contribution in [-0.4, -0.2) is 17.6 Å². The third-order valence-electron chi connectivity index (χ3n) is 1.70. The van der Waals surface area contributed by atoms with Crippen LogP contribution in [-0.2, 0) is 16.0 Å². The topological polar surface area (TPSA) is 42.1 Å². The first-order valence-electron chi connectivity index (χ1n) is 4.47. The lowest BCUT2D eigenvalue weighted by Crippen LogP contribution is -2.08. The Bertz CT molecular complexity index is 367. The molecule has 0 bridgehead atoms. The van der Waals surface area contributed by atoms with Gasteiger partial charge in [0.25, 0.3) is 0 Å². The van der Waals surface area contributed by atoms with Crippen molar-refractivity contribution < 1.29 is 9.53 Å². The van der Waals surface area contributed by atoms with E-state index < -0.39 is 0 Å². The second-order valence-corrected chi connectivity index (χ2v) is 4.73. The Kier molecular flexibility index (Phi) is 4.28. The Balaban J connectivity index is 2.56. The van der Waals surface area contributed by atoms with Gasteiger partial charge in [0, 0.05) is 10.6 Å². The van der Waals surface area contributed by atoms with E-state index in [0.29, 0.717) is 17.0 Å². The third kappa shape index (κ3) is 3.23. The molecule has 0 saturated heterocycles. The highest BCUT2D eigenvalue weighted by Crippen LogP contribution is 2.15. The monoisotopic (exact) mass is 231 g/mol. The average Bonchev–Trinajstić information content (AvgIpc) is 2.42. The third-order valence-corrected chi connectivity index (χ3v) is 3.03. The molecule has 1 heterocycles. The molecule has 1 N–H and O–H groups in total. The number of H-pyrrole nitrogens is 1. The van der Waals surface area contributed by atoms with Gasteiger partial charge in [-0.2, -0.15) is 0 Å². The Morgan fingerprint density at radius 3 is 2.86 bits per heavy atom. The van der Waals surface area contributed by atoms with Crippen molar-refractivity contribution in [1.82, 2.24) is 4.98 Å². The van der Waals surface area contributed by atoms with Gasteiger partial charge in [0.05, 0.1) is 13.0 Å². The highest BCUT2D eigenvalue weighted by molar-refractivity contribution is 7.73. The molecular weight excluding hydrogens is 218 g/mol. The molecule has 0 saturated carbocycles. The molecule has 0 aromatic carbocycles. The molecule has 14 heavy (non-hydrogen) atoms. The molecule has 1 aromatic heterocycles. The normalized spacial score (nSPS) is 10.1. The zero-order chi connectivity index (χ0) is 10.6. The molecule has 1 aromatic rings. The van der Waals surface area contributed by atoms with E-state index in [9.17, 15) is 4.79 Å². The number of hydrogen-bond donors (Lipinski definition) is 1. The van der Waals surface area contributed by atoms with Gasteiger partial charge in [-0.05, 0) is 25.6 Å². The van der Waals surface area contributed by atoms with Crippen LogP contribution in [0, 0.1) is 10.9 Å². The molecule has 0 aliphatic rings. The Hall–Kier alpha value is -0.680. The zero-order valence-electron chi connectivity index (χ0n) is 8.25. The number of esters is 1. The summed E-state index contributed by atoms with van der Waals surface area (Å²) in [6, 6.07) is 0. The number of aryl methyl sites for hydroxylation is 1. The van der Waals surface area contributed by atoms with Crippen molar-refractivity contribution in [2.45, 2.75) is 26.7 Å². The molecule has 0 spiro atoms. The second-order valence-electron chi connectivity index (χ2n) is 2.96. The maximum atomic E-state index is 11.3. The van der Waals surface area contributed by atoms with Crippen molar-refractivity contribution in [3.8, 4) is 0 Å². The molecule has 0 aliphatic carbocycles. The summed E-state index contributed by atoms with van der Waals surface area (Å²) in [5.41, 5.74) is 0.966. The molecule has 3 nitrogen and oxygen atoms in total. The lowest BCUT2D eigenvalue weighted by molar-refractivity contribution is -0.142. The fourth-order valence-corrected chi connectivity index (χ4v) is 2.28. The summed E-state index contributed by atoms with van der Waals surface area (Å²) in [5.74, 6) is -0.180. The van der Waals surface area contributed by atoms with E-state index in [1.807, 2.05) is 13.8 Å². The fraction of sp³-hybridized carbons (Fsp3) is 0.556. The quantitative estimate of drug-likeness (QED) is 0.640. The summed E-state index contributed by atoms with van der Waals surface area (Å²) in [7, 11) is 0. The molecule has 0 unspecified atom stereocenters. The molecule has 78 valence electrons. The molecular formula is C9H13NO2S2. The van der Waals surface area contributed by atoms with E-state index >= 15 is 0 Å². The first-order chi connectivity index (χ1) is 6.63. The second kappa shape index (κ2) is 5.26. The minimum atomic E-state index is -0.180. The average molecular weight is 231 g/mol. The Morgan fingerprint density at radius 2 is 2.36 bits per heavy atom. The van der Waals surface area contributed by atoms with Gasteiger partial charge in [-0.3, -0.25) is 4.79 Å². The van der Waals surface area contributed by atoms with Crippen molar-refractivity contribution in [2.75, 3.05) is 6.61 Å².